The summed E-state index contributed by atoms with van der Waals surface area (Å²) in [5.74, 6) is 0.108. The molecule has 4 rings (SSSR count). The zero-order valence-electron chi connectivity index (χ0n) is 14.9. The summed E-state index contributed by atoms with van der Waals surface area (Å²) in [5.41, 5.74) is 1.76. The Morgan fingerprint density at radius 3 is 2.71 bits per heavy atom. The molecule has 0 saturated carbocycles. The lowest BCUT2D eigenvalue weighted by atomic mass is 10.1. The second-order valence-electron chi connectivity index (χ2n) is 6.18. The minimum Gasteiger partial charge on any atom is -0.486 e. The van der Waals surface area contributed by atoms with Crippen molar-refractivity contribution in [3.05, 3.63) is 52.2 Å². The Balaban J connectivity index is 1.39. The Kier molecular flexibility index (Phi) is 4.95. The largest absolute Gasteiger partial charge is 0.486 e. The van der Waals surface area contributed by atoms with Gasteiger partial charge in [-0.05, 0) is 37.3 Å². The number of esters is 1. The van der Waals surface area contributed by atoms with E-state index in [-0.39, 0.29) is 5.76 Å². The zero-order valence-corrected chi connectivity index (χ0v) is 16.5. The number of benzene rings is 2. The van der Waals surface area contributed by atoms with Gasteiger partial charge in [-0.1, -0.05) is 15.9 Å². The van der Waals surface area contributed by atoms with Crippen LogP contribution in [0.3, 0.4) is 0 Å². The van der Waals surface area contributed by atoms with Crippen LogP contribution in [0.2, 0.25) is 0 Å². The van der Waals surface area contributed by atoms with E-state index in [9.17, 15) is 9.59 Å². The first kappa shape index (κ1) is 18.4. The highest BCUT2D eigenvalue weighted by Gasteiger charge is 2.20. The Morgan fingerprint density at radius 1 is 1.11 bits per heavy atom. The molecule has 0 unspecified atom stereocenters. The van der Waals surface area contributed by atoms with E-state index in [1.54, 1.807) is 31.2 Å². The van der Waals surface area contributed by atoms with Gasteiger partial charge in [-0.25, -0.2) is 4.79 Å². The van der Waals surface area contributed by atoms with Gasteiger partial charge in [-0.15, -0.1) is 0 Å². The molecule has 1 N–H and O–H groups in total. The van der Waals surface area contributed by atoms with Crippen LogP contribution in [-0.2, 0) is 9.53 Å². The second-order valence-corrected chi connectivity index (χ2v) is 7.10. The lowest BCUT2D eigenvalue weighted by Gasteiger charge is -2.18. The number of hydrogen-bond acceptors (Lipinski definition) is 6. The number of furan rings is 1. The molecule has 0 spiro atoms. The highest BCUT2D eigenvalue weighted by atomic mass is 79.9. The number of nitrogens with one attached hydrogen (secondary N) is 1. The van der Waals surface area contributed by atoms with E-state index in [4.69, 9.17) is 18.6 Å². The molecule has 0 atom stereocenters. The predicted octanol–water partition coefficient (Wildman–Crippen LogP) is 4.07. The van der Waals surface area contributed by atoms with Gasteiger partial charge in [0.15, 0.2) is 18.1 Å². The molecule has 1 amide bonds. The van der Waals surface area contributed by atoms with Crippen molar-refractivity contribution in [2.24, 2.45) is 0 Å². The molecule has 7 nitrogen and oxygen atoms in total. The average Bonchev–Trinajstić information content (AvgIpc) is 3.02. The molecule has 1 aromatic heterocycles. The zero-order chi connectivity index (χ0) is 19.7. The molecule has 0 radical (unpaired) electrons. The average molecular weight is 446 g/mol. The molecule has 1 aliphatic rings. The van der Waals surface area contributed by atoms with Gasteiger partial charge in [0, 0.05) is 27.2 Å². The van der Waals surface area contributed by atoms with Gasteiger partial charge in [0.2, 0.25) is 5.76 Å². The fourth-order valence-corrected chi connectivity index (χ4v) is 3.26. The number of anilines is 1. The highest BCUT2D eigenvalue weighted by Crippen LogP contribution is 2.32. The summed E-state index contributed by atoms with van der Waals surface area (Å²) in [7, 11) is 0. The fraction of sp³-hybridized carbons (Fsp3) is 0.200. The van der Waals surface area contributed by atoms with Crippen molar-refractivity contribution in [2.45, 2.75) is 6.92 Å². The van der Waals surface area contributed by atoms with E-state index >= 15 is 0 Å². The highest BCUT2D eigenvalue weighted by molar-refractivity contribution is 9.10. The maximum absolute atomic E-state index is 12.3. The molecule has 8 heteroatoms. The van der Waals surface area contributed by atoms with E-state index in [1.165, 1.54) is 0 Å². The standard InChI is InChI=1S/C20H16BrNO6/c1-11-14-8-12(21)2-4-15(14)28-19(11)20(24)27-10-18(23)22-13-3-5-16-17(9-13)26-7-6-25-16/h2-5,8-9H,6-7,10H2,1H3,(H,22,23). The van der Waals surface area contributed by atoms with E-state index in [1.807, 2.05) is 12.1 Å². The molecule has 144 valence electrons. The monoisotopic (exact) mass is 445 g/mol. The quantitative estimate of drug-likeness (QED) is 0.609. The van der Waals surface area contributed by atoms with Crippen LogP contribution in [0.4, 0.5) is 5.69 Å². The smallest absolute Gasteiger partial charge is 0.375 e. The van der Waals surface area contributed by atoms with Crippen molar-refractivity contribution in [2.75, 3.05) is 25.1 Å². The summed E-state index contributed by atoms with van der Waals surface area (Å²) in [5, 5.41) is 3.47. The molecule has 0 fully saturated rings. The molecule has 1 aliphatic heterocycles. The normalized spacial score (nSPS) is 12.6. The number of hydrogen-bond donors (Lipinski definition) is 1. The van der Waals surface area contributed by atoms with Crippen LogP contribution in [0, 0.1) is 6.92 Å². The van der Waals surface area contributed by atoms with Crippen LogP contribution in [0.1, 0.15) is 16.1 Å². The fourth-order valence-electron chi connectivity index (χ4n) is 2.90. The second kappa shape index (κ2) is 7.55. The Morgan fingerprint density at radius 2 is 1.89 bits per heavy atom. The molecule has 2 aromatic carbocycles. The minimum absolute atomic E-state index is 0.0835. The lowest BCUT2D eigenvalue weighted by Crippen LogP contribution is -2.21. The van der Waals surface area contributed by atoms with Crippen LogP contribution in [-0.4, -0.2) is 31.7 Å². The van der Waals surface area contributed by atoms with Crippen LogP contribution in [0.15, 0.2) is 45.3 Å². The van der Waals surface area contributed by atoms with Crippen molar-refractivity contribution < 1.29 is 28.2 Å². The molecular formula is C20H16BrNO6. The third kappa shape index (κ3) is 3.68. The summed E-state index contributed by atoms with van der Waals surface area (Å²) in [6, 6.07) is 10.5. The molecule has 28 heavy (non-hydrogen) atoms. The summed E-state index contributed by atoms with van der Waals surface area (Å²) in [6.07, 6.45) is 0. The van der Waals surface area contributed by atoms with Crippen molar-refractivity contribution in [3.8, 4) is 11.5 Å². The molecule has 2 heterocycles. The minimum atomic E-state index is -0.692. The number of rotatable bonds is 4. The molecular weight excluding hydrogens is 430 g/mol. The number of halogens is 1. The lowest BCUT2D eigenvalue weighted by molar-refractivity contribution is -0.119. The van der Waals surface area contributed by atoms with Crippen LogP contribution < -0.4 is 14.8 Å². The van der Waals surface area contributed by atoms with Gasteiger partial charge in [-0.3, -0.25) is 4.79 Å². The number of aryl methyl sites for hydroxylation is 1. The number of amides is 1. The molecule has 0 aliphatic carbocycles. The number of ether oxygens (including phenoxy) is 3. The van der Waals surface area contributed by atoms with Crippen LogP contribution in [0.5, 0.6) is 11.5 Å². The Labute approximate surface area is 168 Å². The third-order valence-corrected chi connectivity index (χ3v) is 4.74. The number of carbonyl (C=O) groups is 2. The summed E-state index contributed by atoms with van der Waals surface area (Å²) in [6.45, 7) is 2.28. The first-order valence-electron chi connectivity index (χ1n) is 8.56. The topological polar surface area (TPSA) is 87.0 Å². The van der Waals surface area contributed by atoms with Gasteiger partial charge in [0.1, 0.15) is 18.8 Å². The van der Waals surface area contributed by atoms with Gasteiger partial charge in [0.05, 0.1) is 0 Å². The summed E-state index contributed by atoms with van der Waals surface area (Å²) >= 11 is 3.39. The van der Waals surface area contributed by atoms with E-state index in [0.29, 0.717) is 41.5 Å². The maximum Gasteiger partial charge on any atom is 0.375 e. The van der Waals surface area contributed by atoms with Gasteiger partial charge < -0.3 is 23.9 Å². The third-order valence-electron chi connectivity index (χ3n) is 4.24. The number of fused-ring (bicyclic) bond motifs is 2. The first-order chi connectivity index (χ1) is 13.5. The SMILES string of the molecule is Cc1c(C(=O)OCC(=O)Nc2ccc3c(c2)OCCO3)oc2ccc(Br)cc12. The van der Waals surface area contributed by atoms with Crippen LogP contribution in [0.25, 0.3) is 11.0 Å². The van der Waals surface area contributed by atoms with Crippen molar-refractivity contribution in [1.82, 2.24) is 0 Å². The molecule has 3 aromatic rings. The van der Waals surface area contributed by atoms with E-state index in [2.05, 4.69) is 21.2 Å². The predicted molar refractivity (Wildman–Crippen MR) is 105 cm³/mol. The van der Waals surface area contributed by atoms with Gasteiger partial charge in [0.25, 0.3) is 5.91 Å². The van der Waals surface area contributed by atoms with Gasteiger partial charge >= 0.3 is 5.97 Å². The van der Waals surface area contributed by atoms with Crippen LogP contribution >= 0.6 is 15.9 Å². The van der Waals surface area contributed by atoms with Crippen molar-refractivity contribution >= 4 is 44.5 Å². The van der Waals surface area contributed by atoms with E-state index < -0.39 is 18.5 Å². The maximum atomic E-state index is 12.3. The first-order valence-corrected chi connectivity index (χ1v) is 9.36. The number of carbonyl (C=O) groups excluding carboxylic acids is 2. The Hall–Kier alpha value is -3.00. The summed E-state index contributed by atoms with van der Waals surface area (Å²) in [4.78, 5) is 24.4. The van der Waals surface area contributed by atoms with Crippen molar-refractivity contribution in [1.29, 1.82) is 0 Å². The molecule has 0 saturated heterocycles. The molecule has 0 bridgehead atoms. The van der Waals surface area contributed by atoms with E-state index in [0.717, 1.165) is 9.86 Å². The Bertz CT molecular complexity index is 1070. The summed E-state index contributed by atoms with van der Waals surface area (Å²) < 4.78 is 22.5. The van der Waals surface area contributed by atoms with Gasteiger partial charge in [-0.2, -0.15) is 0 Å². The van der Waals surface area contributed by atoms with Crippen molar-refractivity contribution in [3.63, 3.8) is 0 Å².